The lowest BCUT2D eigenvalue weighted by Crippen LogP contribution is -2.30. The van der Waals surface area contributed by atoms with Crippen LogP contribution in [0.3, 0.4) is 0 Å². The standard InChI is InChI=1S/C8H14O7/c9-4(6(11)3-7(12)13)1-2-5(10)8(14)15/h4-6,9-11H,1-3H2,(H,12,13)(H,14,15). The lowest BCUT2D eigenvalue weighted by Gasteiger charge is -2.16. The van der Waals surface area contributed by atoms with E-state index in [2.05, 4.69) is 0 Å². The van der Waals surface area contributed by atoms with E-state index in [0.717, 1.165) is 0 Å². The van der Waals surface area contributed by atoms with Crippen molar-refractivity contribution in [1.29, 1.82) is 0 Å². The fourth-order valence-corrected chi connectivity index (χ4v) is 0.959. The highest BCUT2D eigenvalue weighted by Crippen LogP contribution is 2.08. The molecule has 0 spiro atoms. The van der Waals surface area contributed by atoms with Crippen molar-refractivity contribution in [3.8, 4) is 0 Å². The van der Waals surface area contributed by atoms with Crippen molar-refractivity contribution < 1.29 is 35.1 Å². The normalized spacial score (nSPS) is 16.7. The van der Waals surface area contributed by atoms with Crippen LogP contribution in [0, 0.1) is 0 Å². The molecule has 0 saturated carbocycles. The van der Waals surface area contributed by atoms with Crippen LogP contribution in [-0.2, 0) is 9.59 Å². The van der Waals surface area contributed by atoms with E-state index in [1.54, 1.807) is 0 Å². The molecule has 0 aromatic heterocycles. The summed E-state index contributed by atoms with van der Waals surface area (Å²) in [6.07, 6.45) is -5.46. The monoisotopic (exact) mass is 222 g/mol. The molecule has 0 radical (unpaired) electrons. The molecule has 3 atom stereocenters. The number of rotatable bonds is 7. The SMILES string of the molecule is O=C(O)CC(O)C(O)CCC(O)C(=O)O. The minimum atomic E-state index is -1.61. The van der Waals surface area contributed by atoms with Gasteiger partial charge >= 0.3 is 11.9 Å². The van der Waals surface area contributed by atoms with Gasteiger partial charge in [-0.3, -0.25) is 4.79 Å². The van der Waals surface area contributed by atoms with Crippen molar-refractivity contribution in [1.82, 2.24) is 0 Å². The predicted octanol–water partition coefficient (Wildman–Crippen LogP) is -1.59. The third kappa shape index (κ3) is 6.00. The summed E-state index contributed by atoms with van der Waals surface area (Å²) in [5.41, 5.74) is 0. The Kier molecular flexibility index (Phi) is 5.83. The minimum absolute atomic E-state index is 0.179. The number of carboxylic acids is 2. The topological polar surface area (TPSA) is 135 Å². The number of carboxylic acid groups (broad SMARTS) is 2. The number of carbonyl (C=O) groups is 2. The van der Waals surface area contributed by atoms with Crippen molar-refractivity contribution in [3.05, 3.63) is 0 Å². The molecule has 7 nitrogen and oxygen atoms in total. The van der Waals surface area contributed by atoms with E-state index >= 15 is 0 Å². The Morgan fingerprint density at radius 2 is 1.47 bits per heavy atom. The van der Waals surface area contributed by atoms with E-state index in [-0.39, 0.29) is 12.8 Å². The third-order valence-electron chi connectivity index (χ3n) is 1.85. The molecular formula is C8H14O7. The van der Waals surface area contributed by atoms with Crippen LogP contribution >= 0.6 is 0 Å². The largest absolute Gasteiger partial charge is 0.481 e. The number of hydrogen-bond donors (Lipinski definition) is 5. The fourth-order valence-electron chi connectivity index (χ4n) is 0.959. The molecule has 0 amide bonds. The summed E-state index contributed by atoms with van der Waals surface area (Å²) in [7, 11) is 0. The molecule has 0 aromatic carbocycles. The Morgan fingerprint density at radius 3 is 1.87 bits per heavy atom. The molecule has 0 heterocycles. The summed E-state index contributed by atoms with van der Waals surface area (Å²) in [6, 6.07) is 0. The Morgan fingerprint density at radius 1 is 0.933 bits per heavy atom. The predicted molar refractivity (Wildman–Crippen MR) is 47.1 cm³/mol. The summed E-state index contributed by atoms with van der Waals surface area (Å²) in [4.78, 5) is 20.3. The van der Waals surface area contributed by atoms with E-state index in [4.69, 9.17) is 20.4 Å². The second kappa shape index (κ2) is 6.33. The molecule has 3 unspecified atom stereocenters. The second-order valence-electron chi connectivity index (χ2n) is 3.16. The first kappa shape index (κ1) is 13.8. The van der Waals surface area contributed by atoms with Crippen molar-refractivity contribution in [3.63, 3.8) is 0 Å². The average molecular weight is 222 g/mol. The lowest BCUT2D eigenvalue weighted by atomic mass is 10.0. The first-order chi connectivity index (χ1) is 6.84. The minimum Gasteiger partial charge on any atom is -0.481 e. The van der Waals surface area contributed by atoms with Gasteiger partial charge in [0.2, 0.25) is 0 Å². The van der Waals surface area contributed by atoms with Crippen molar-refractivity contribution in [2.45, 2.75) is 37.6 Å². The number of aliphatic hydroxyl groups is 3. The van der Waals surface area contributed by atoms with E-state index in [9.17, 15) is 14.7 Å². The second-order valence-corrected chi connectivity index (χ2v) is 3.16. The van der Waals surface area contributed by atoms with Gasteiger partial charge in [-0.2, -0.15) is 0 Å². The molecule has 15 heavy (non-hydrogen) atoms. The summed E-state index contributed by atoms with van der Waals surface area (Å²) in [6.45, 7) is 0. The van der Waals surface area contributed by atoms with Gasteiger partial charge in [0.1, 0.15) is 0 Å². The summed E-state index contributed by atoms with van der Waals surface area (Å²) in [5.74, 6) is -2.68. The first-order valence-corrected chi connectivity index (χ1v) is 4.33. The average Bonchev–Trinajstić information content (AvgIpc) is 2.12. The van der Waals surface area contributed by atoms with E-state index < -0.39 is 36.7 Å². The Hall–Kier alpha value is -1.18. The smallest absolute Gasteiger partial charge is 0.332 e. The van der Waals surface area contributed by atoms with Crippen LogP contribution in [0.2, 0.25) is 0 Å². The van der Waals surface area contributed by atoms with Gasteiger partial charge in [0.25, 0.3) is 0 Å². The maximum Gasteiger partial charge on any atom is 0.332 e. The Bertz CT molecular complexity index is 227. The quantitative estimate of drug-likeness (QED) is 0.350. The molecule has 0 bridgehead atoms. The molecule has 0 saturated heterocycles. The van der Waals surface area contributed by atoms with Crippen LogP contribution in [0.4, 0.5) is 0 Å². The zero-order valence-electron chi connectivity index (χ0n) is 7.91. The molecule has 88 valence electrons. The highest BCUT2D eigenvalue weighted by atomic mass is 16.4. The summed E-state index contributed by atoms with van der Waals surface area (Å²) < 4.78 is 0. The number of aliphatic hydroxyl groups excluding tert-OH is 3. The first-order valence-electron chi connectivity index (χ1n) is 4.33. The zero-order valence-corrected chi connectivity index (χ0v) is 7.91. The Labute approximate surface area is 85.6 Å². The van der Waals surface area contributed by atoms with Gasteiger partial charge in [0.05, 0.1) is 18.6 Å². The zero-order chi connectivity index (χ0) is 12.0. The Balaban J connectivity index is 3.87. The highest BCUT2D eigenvalue weighted by molar-refractivity contribution is 5.71. The van der Waals surface area contributed by atoms with Gasteiger partial charge in [-0.1, -0.05) is 0 Å². The van der Waals surface area contributed by atoms with Crippen LogP contribution in [0.5, 0.6) is 0 Å². The molecule has 0 aliphatic carbocycles. The number of aliphatic carboxylic acids is 2. The fraction of sp³-hybridized carbons (Fsp3) is 0.750. The molecule has 0 rings (SSSR count). The number of hydrogen-bond acceptors (Lipinski definition) is 5. The van der Waals surface area contributed by atoms with Gasteiger partial charge in [-0.25, -0.2) is 4.79 Å². The summed E-state index contributed by atoms with van der Waals surface area (Å²) >= 11 is 0. The highest BCUT2D eigenvalue weighted by Gasteiger charge is 2.22. The van der Waals surface area contributed by atoms with E-state index in [1.807, 2.05) is 0 Å². The molecule has 7 heteroatoms. The van der Waals surface area contributed by atoms with Crippen LogP contribution in [0.1, 0.15) is 19.3 Å². The maximum absolute atomic E-state index is 10.2. The van der Waals surface area contributed by atoms with Gasteiger partial charge < -0.3 is 25.5 Å². The molecule has 0 aromatic rings. The summed E-state index contributed by atoms with van der Waals surface area (Å²) in [5, 5.41) is 43.7. The van der Waals surface area contributed by atoms with Crippen molar-refractivity contribution in [2.75, 3.05) is 0 Å². The molecular weight excluding hydrogens is 208 g/mol. The molecule has 5 N–H and O–H groups in total. The molecule has 0 aliphatic rings. The third-order valence-corrected chi connectivity index (χ3v) is 1.85. The van der Waals surface area contributed by atoms with Crippen LogP contribution < -0.4 is 0 Å². The van der Waals surface area contributed by atoms with Crippen LogP contribution in [-0.4, -0.2) is 55.8 Å². The molecule has 0 fully saturated rings. The van der Waals surface area contributed by atoms with E-state index in [1.165, 1.54) is 0 Å². The van der Waals surface area contributed by atoms with Gasteiger partial charge in [0.15, 0.2) is 6.10 Å². The van der Waals surface area contributed by atoms with Gasteiger partial charge in [0, 0.05) is 0 Å². The van der Waals surface area contributed by atoms with Crippen LogP contribution in [0.25, 0.3) is 0 Å². The van der Waals surface area contributed by atoms with Gasteiger partial charge in [-0.05, 0) is 12.8 Å². The van der Waals surface area contributed by atoms with Crippen molar-refractivity contribution in [2.24, 2.45) is 0 Å². The molecule has 0 aliphatic heterocycles. The van der Waals surface area contributed by atoms with Crippen molar-refractivity contribution >= 4 is 11.9 Å². The van der Waals surface area contributed by atoms with Gasteiger partial charge in [-0.15, -0.1) is 0 Å². The van der Waals surface area contributed by atoms with E-state index in [0.29, 0.717) is 0 Å². The van der Waals surface area contributed by atoms with Crippen LogP contribution in [0.15, 0.2) is 0 Å². The lowest BCUT2D eigenvalue weighted by molar-refractivity contribution is -0.148. The maximum atomic E-state index is 10.2.